The Morgan fingerprint density at radius 2 is 1.83 bits per heavy atom. The Morgan fingerprint density at radius 3 is 2.59 bits per heavy atom. The predicted molar refractivity (Wildman–Crippen MR) is 107 cm³/mol. The van der Waals surface area contributed by atoms with Crippen molar-refractivity contribution in [2.45, 2.75) is 6.61 Å². The third-order valence-electron chi connectivity index (χ3n) is 3.98. The minimum atomic E-state index is 0.194. The summed E-state index contributed by atoms with van der Waals surface area (Å²) in [6.07, 6.45) is 1.72. The minimum absolute atomic E-state index is 0.194. The van der Waals surface area contributed by atoms with Gasteiger partial charge < -0.3 is 10.2 Å². The number of hydrogen-bond donors (Lipinski definition) is 1. The fourth-order valence-electron chi connectivity index (χ4n) is 2.61. The molecule has 0 fully saturated rings. The van der Waals surface area contributed by atoms with Gasteiger partial charge in [-0.15, -0.1) is 5.10 Å². The molecule has 9 heteroatoms. The highest BCUT2D eigenvalue weighted by molar-refractivity contribution is 6.10. The van der Waals surface area contributed by atoms with E-state index >= 15 is 0 Å². The van der Waals surface area contributed by atoms with Gasteiger partial charge in [-0.25, -0.2) is 14.6 Å². The number of nitrogens with zero attached hydrogens (tertiary/aromatic N) is 7. The van der Waals surface area contributed by atoms with Crippen molar-refractivity contribution in [1.82, 2.24) is 30.2 Å². The van der Waals surface area contributed by atoms with E-state index in [1.807, 2.05) is 66.7 Å². The average molecular weight is 386 g/mol. The summed E-state index contributed by atoms with van der Waals surface area (Å²) < 4.78 is 1.55. The van der Waals surface area contributed by atoms with E-state index in [0.717, 1.165) is 17.1 Å². The Balaban J connectivity index is 1.50. The number of hydrogen-bond acceptors (Lipinski definition) is 8. The summed E-state index contributed by atoms with van der Waals surface area (Å²) in [5, 5.41) is 19.0. The molecule has 0 radical (unpaired) electrons. The summed E-state index contributed by atoms with van der Waals surface area (Å²) in [4.78, 5) is 14.4. The molecule has 4 aromatic rings. The van der Waals surface area contributed by atoms with Crippen LogP contribution in [-0.4, -0.2) is 35.9 Å². The van der Waals surface area contributed by atoms with Crippen molar-refractivity contribution in [3.05, 3.63) is 90.0 Å². The van der Waals surface area contributed by atoms with E-state index in [2.05, 4.69) is 36.0 Å². The molecule has 0 aliphatic heterocycles. The van der Waals surface area contributed by atoms with Gasteiger partial charge in [-0.2, -0.15) is 0 Å². The van der Waals surface area contributed by atoms with E-state index in [0.29, 0.717) is 17.4 Å². The number of benzene rings is 1. The SMILES string of the molecule is Cn1nnnc1/C(=N\OCc1cccc(Nc2ccccn2)n1)c1ccccc1. The van der Waals surface area contributed by atoms with E-state index in [1.54, 1.807) is 17.9 Å². The number of rotatable bonds is 7. The highest BCUT2D eigenvalue weighted by Crippen LogP contribution is 2.13. The molecule has 4 rings (SSSR count). The van der Waals surface area contributed by atoms with E-state index in [9.17, 15) is 0 Å². The number of pyridine rings is 2. The van der Waals surface area contributed by atoms with E-state index in [4.69, 9.17) is 4.84 Å². The maximum absolute atomic E-state index is 5.59. The van der Waals surface area contributed by atoms with Crippen LogP contribution in [0.2, 0.25) is 0 Å². The Morgan fingerprint density at radius 1 is 1.00 bits per heavy atom. The molecule has 0 spiro atoms. The second kappa shape index (κ2) is 8.70. The number of aromatic nitrogens is 6. The normalized spacial score (nSPS) is 11.3. The maximum atomic E-state index is 5.59. The van der Waals surface area contributed by atoms with Gasteiger partial charge in [0.25, 0.3) is 0 Å². The lowest BCUT2D eigenvalue weighted by Gasteiger charge is -2.07. The van der Waals surface area contributed by atoms with Crippen molar-refractivity contribution in [2.24, 2.45) is 12.2 Å². The van der Waals surface area contributed by atoms with Crippen LogP contribution in [0.5, 0.6) is 0 Å². The maximum Gasteiger partial charge on any atom is 0.204 e. The number of oxime groups is 1. The molecule has 3 heterocycles. The average Bonchev–Trinajstić information content (AvgIpc) is 3.18. The highest BCUT2D eigenvalue weighted by atomic mass is 16.6. The summed E-state index contributed by atoms with van der Waals surface area (Å²) >= 11 is 0. The molecule has 0 saturated heterocycles. The summed E-state index contributed by atoms with van der Waals surface area (Å²) in [5.74, 6) is 1.90. The van der Waals surface area contributed by atoms with E-state index in [-0.39, 0.29) is 6.61 Å². The summed E-state index contributed by atoms with van der Waals surface area (Å²) in [6, 6.07) is 20.9. The quantitative estimate of drug-likeness (QED) is 0.385. The van der Waals surface area contributed by atoms with Gasteiger partial charge in [0.1, 0.15) is 11.6 Å². The van der Waals surface area contributed by atoms with Gasteiger partial charge in [0.05, 0.1) is 5.69 Å². The lowest BCUT2D eigenvalue weighted by atomic mass is 10.1. The van der Waals surface area contributed by atoms with E-state index < -0.39 is 0 Å². The van der Waals surface area contributed by atoms with Gasteiger partial charge in [-0.05, 0) is 34.7 Å². The van der Waals surface area contributed by atoms with Crippen LogP contribution in [0.4, 0.5) is 11.6 Å². The lowest BCUT2D eigenvalue weighted by Crippen LogP contribution is -2.12. The number of tetrazole rings is 1. The van der Waals surface area contributed by atoms with Crippen LogP contribution >= 0.6 is 0 Å². The monoisotopic (exact) mass is 386 g/mol. The van der Waals surface area contributed by atoms with Crippen molar-refractivity contribution in [3.63, 3.8) is 0 Å². The van der Waals surface area contributed by atoms with Crippen molar-refractivity contribution >= 4 is 17.3 Å². The standard InChI is InChI=1S/C20H18N8O/c1-28-20(24-26-27-28)19(15-8-3-2-4-9-15)25-29-14-16-10-7-12-18(22-16)23-17-11-5-6-13-21-17/h2-13H,14H2,1H3,(H,21,22,23)/b25-19-. The first-order valence-corrected chi connectivity index (χ1v) is 8.92. The van der Waals surface area contributed by atoms with Crippen molar-refractivity contribution in [1.29, 1.82) is 0 Å². The third kappa shape index (κ3) is 4.59. The second-order valence-electron chi connectivity index (χ2n) is 6.06. The molecule has 9 nitrogen and oxygen atoms in total. The van der Waals surface area contributed by atoms with Crippen molar-refractivity contribution < 1.29 is 4.84 Å². The van der Waals surface area contributed by atoms with Crippen LogP contribution in [0.1, 0.15) is 17.1 Å². The Labute approximate surface area is 167 Å². The summed E-state index contributed by atoms with van der Waals surface area (Å²) in [7, 11) is 1.75. The van der Waals surface area contributed by atoms with Crippen LogP contribution in [-0.2, 0) is 18.5 Å². The molecule has 144 valence electrons. The van der Waals surface area contributed by atoms with Crippen LogP contribution in [0.3, 0.4) is 0 Å². The lowest BCUT2D eigenvalue weighted by molar-refractivity contribution is 0.128. The van der Waals surface area contributed by atoms with Crippen LogP contribution in [0.15, 0.2) is 78.1 Å². The third-order valence-corrected chi connectivity index (χ3v) is 3.98. The smallest absolute Gasteiger partial charge is 0.204 e. The molecule has 0 aliphatic rings. The van der Waals surface area contributed by atoms with Gasteiger partial charge in [-0.1, -0.05) is 47.6 Å². The summed E-state index contributed by atoms with van der Waals surface area (Å²) in [6.45, 7) is 0.194. The molecular formula is C20H18N8O. The van der Waals surface area contributed by atoms with Gasteiger partial charge in [0.15, 0.2) is 12.3 Å². The number of anilines is 2. The zero-order valence-electron chi connectivity index (χ0n) is 15.7. The van der Waals surface area contributed by atoms with Gasteiger partial charge in [0.2, 0.25) is 5.82 Å². The molecule has 0 unspecified atom stereocenters. The van der Waals surface area contributed by atoms with Crippen LogP contribution in [0, 0.1) is 0 Å². The van der Waals surface area contributed by atoms with Crippen molar-refractivity contribution in [3.8, 4) is 0 Å². The molecule has 0 saturated carbocycles. The fourth-order valence-corrected chi connectivity index (χ4v) is 2.61. The molecule has 0 amide bonds. The number of aryl methyl sites for hydroxylation is 1. The second-order valence-corrected chi connectivity index (χ2v) is 6.06. The number of nitrogens with one attached hydrogen (secondary N) is 1. The van der Waals surface area contributed by atoms with Gasteiger partial charge >= 0.3 is 0 Å². The van der Waals surface area contributed by atoms with Crippen LogP contribution < -0.4 is 5.32 Å². The summed E-state index contributed by atoms with van der Waals surface area (Å²) in [5.41, 5.74) is 2.11. The zero-order chi connectivity index (χ0) is 19.9. The highest BCUT2D eigenvalue weighted by Gasteiger charge is 2.14. The topological polar surface area (TPSA) is 103 Å². The first kappa shape index (κ1) is 18.2. The first-order chi connectivity index (χ1) is 14.3. The zero-order valence-corrected chi connectivity index (χ0v) is 15.7. The molecule has 0 bridgehead atoms. The van der Waals surface area contributed by atoms with Gasteiger partial charge in [0, 0.05) is 18.8 Å². The van der Waals surface area contributed by atoms with Crippen LogP contribution in [0.25, 0.3) is 0 Å². The van der Waals surface area contributed by atoms with Gasteiger partial charge in [-0.3, -0.25) is 0 Å². The Bertz CT molecular complexity index is 1100. The Kier molecular flexibility index (Phi) is 5.47. The molecule has 0 atom stereocenters. The first-order valence-electron chi connectivity index (χ1n) is 8.92. The molecule has 1 aromatic carbocycles. The predicted octanol–water partition coefficient (Wildman–Crippen LogP) is 2.71. The molecule has 29 heavy (non-hydrogen) atoms. The largest absolute Gasteiger partial charge is 0.389 e. The molecular weight excluding hydrogens is 368 g/mol. The molecule has 0 aliphatic carbocycles. The minimum Gasteiger partial charge on any atom is -0.389 e. The van der Waals surface area contributed by atoms with E-state index in [1.165, 1.54) is 0 Å². The molecule has 1 N–H and O–H groups in total. The fraction of sp³-hybridized carbons (Fsp3) is 0.100. The molecule has 3 aromatic heterocycles. The Hall–Kier alpha value is -4.14. The van der Waals surface area contributed by atoms with Crippen molar-refractivity contribution in [2.75, 3.05) is 5.32 Å².